The molecule has 0 aromatic carbocycles. The van der Waals surface area contributed by atoms with Crippen LogP contribution in [0.3, 0.4) is 0 Å². The van der Waals surface area contributed by atoms with E-state index < -0.39 is 5.97 Å². The summed E-state index contributed by atoms with van der Waals surface area (Å²) in [6.45, 7) is 8.84. The third-order valence-corrected chi connectivity index (χ3v) is 9.97. The molecule has 4 aliphatic carbocycles. The zero-order chi connectivity index (χ0) is 21.7. The largest absolute Gasteiger partial charge is 0.481 e. The Kier molecular flexibility index (Phi) is 5.83. The van der Waals surface area contributed by atoms with Crippen molar-refractivity contribution in [2.75, 3.05) is 0 Å². The smallest absolute Gasteiger partial charge is 0.303 e. The number of hydrogen-bond acceptors (Lipinski definition) is 3. The standard InChI is InChI=1S/C26H40O4/c1-16(5-10-24(28)29)21-8-9-22-20-7-6-18-15-19(30-17(2)27)11-13-25(18,3)23(20)12-14-26(21,22)4/h6,16,19-23H,5,7-15H2,1-4H3,(H,28,29)/t16-,19-,20+,21-,22?,23?,25+,26-/m1/s1. The van der Waals surface area contributed by atoms with Crippen LogP contribution in [0.5, 0.6) is 0 Å². The monoisotopic (exact) mass is 416 g/mol. The van der Waals surface area contributed by atoms with Crippen LogP contribution in [0.25, 0.3) is 0 Å². The lowest BCUT2D eigenvalue weighted by molar-refractivity contribution is -0.148. The summed E-state index contributed by atoms with van der Waals surface area (Å²) in [5, 5.41) is 9.13. The average Bonchev–Trinajstić information content (AvgIpc) is 3.03. The lowest BCUT2D eigenvalue weighted by Crippen LogP contribution is -2.51. The molecule has 0 bridgehead atoms. The fourth-order valence-corrected chi connectivity index (χ4v) is 8.49. The molecule has 2 unspecified atom stereocenters. The average molecular weight is 417 g/mol. The summed E-state index contributed by atoms with van der Waals surface area (Å²) < 4.78 is 5.57. The van der Waals surface area contributed by atoms with Gasteiger partial charge in [-0.2, -0.15) is 0 Å². The maximum absolute atomic E-state index is 11.4. The predicted octanol–water partition coefficient (Wildman–Crippen LogP) is 6.00. The van der Waals surface area contributed by atoms with Gasteiger partial charge in [0.25, 0.3) is 0 Å². The second-order valence-corrected chi connectivity index (χ2v) is 11.4. The van der Waals surface area contributed by atoms with Crippen LogP contribution in [-0.2, 0) is 14.3 Å². The van der Waals surface area contributed by atoms with Crippen LogP contribution in [0.4, 0.5) is 0 Å². The highest BCUT2D eigenvalue weighted by atomic mass is 16.5. The van der Waals surface area contributed by atoms with Crippen molar-refractivity contribution in [1.82, 2.24) is 0 Å². The number of carboxylic acid groups (broad SMARTS) is 1. The van der Waals surface area contributed by atoms with Crippen molar-refractivity contribution in [2.45, 2.75) is 98.0 Å². The molecule has 168 valence electrons. The topological polar surface area (TPSA) is 63.6 Å². The zero-order valence-corrected chi connectivity index (χ0v) is 19.3. The van der Waals surface area contributed by atoms with E-state index in [4.69, 9.17) is 9.84 Å². The first-order chi connectivity index (χ1) is 14.1. The number of hydrogen-bond donors (Lipinski definition) is 1. The number of esters is 1. The molecule has 4 heteroatoms. The molecule has 3 saturated carbocycles. The summed E-state index contributed by atoms with van der Waals surface area (Å²) in [6, 6.07) is 0. The van der Waals surface area contributed by atoms with Gasteiger partial charge in [0.15, 0.2) is 0 Å². The lowest BCUT2D eigenvalue weighted by Gasteiger charge is -2.58. The van der Waals surface area contributed by atoms with E-state index in [1.807, 2.05) is 0 Å². The minimum absolute atomic E-state index is 0.0678. The number of allylic oxidation sites excluding steroid dienone is 1. The van der Waals surface area contributed by atoms with Gasteiger partial charge in [-0.05, 0) is 91.8 Å². The number of fused-ring (bicyclic) bond motifs is 5. The van der Waals surface area contributed by atoms with Gasteiger partial charge >= 0.3 is 11.9 Å². The number of aliphatic carboxylic acids is 1. The van der Waals surface area contributed by atoms with Crippen LogP contribution in [0.2, 0.25) is 0 Å². The fourth-order valence-electron chi connectivity index (χ4n) is 8.49. The van der Waals surface area contributed by atoms with Crippen LogP contribution < -0.4 is 0 Å². The van der Waals surface area contributed by atoms with Crippen LogP contribution in [0.15, 0.2) is 11.6 Å². The van der Waals surface area contributed by atoms with Crippen molar-refractivity contribution < 1.29 is 19.4 Å². The molecule has 0 aromatic rings. The molecule has 0 aliphatic heterocycles. The van der Waals surface area contributed by atoms with Gasteiger partial charge in [0.1, 0.15) is 6.10 Å². The number of carbonyl (C=O) groups excluding carboxylic acids is 1. The Morgan fingerprint density at radius 2 is 1.93 bits per heavy atom. The summed E-state index contributed by atoms with van der Waals surface area (Å²) in [5.74, 6) is 2.64. The van der Waals surface area contributed by atoms with E-state index in [-0.39, 0.29) is 17.5 Å². The number of ether oxygens (including phenoxy) is 1. The number of carboxylic acids is 1. The highest BCUT2D eigenvalue weighted by molar-refractivity contribution is 5.66. The first-order valence-corrected chi connectivity index (χ1v) is 12.2. The minimum Gasteiger partial charge on any atom is -0.481 e. The van der Waals surface area contributed by atoms with Crippen molar-refractivity contribution in [3.8, 4) is 0 Å². The molecule has 30 heavy (non-hydrogen) atoms. The summed E-state index contributed by atoms with van der Waals surface area (Å²) >= 11 is 0. The van der Waals surface area contributed by atoms with E-state index in [2.05, 4.69) is 26.8 Å². The molecule has 4 aliphatic rings. The van der Waals surface area contributed by atoms with Crippen molar-refractivity contribution in [3.05, 3.63) is 11.6 Å². The molecular formula is C26H40O4. The molecule has 1 N–H and O–H groups in total. The van der Waals surface area contributed by atoms with E-state index in [1.54, 1.807) is 5.57 Å². The SMILES string of the molecule is CC(=O)O[C@@H]1CC[C@@]2(C)C(=CC[C@@H]3C2CC[C@@]2(C)C3CC[C@@H]2[C@H](C)CCC(=O)O)C1. The molecule has 0 radical (unpaired) electrons. The van der Waals surface area contributed by atoms with Crippen LogP contribution in [0.1, 0.15) is 91.9 Å². The van der Waals surface area contributed by atoms with E-state index in [0.717, 1.165) is 43.4 Å². The molecule has 0 aromatic heterocycles. The molecule has 0 amide bonds. The van der Waals surface area contributed by atoms with Gasteiger partial charge in [0.2, 0.25) is 0 Å². The maximum atomic E-state index is 11.4. The van der Waals surface area contributed by atoms with Gasteiger partial charge in [-0.15, -0.1) is 0 Å². The molecule has 3 fully saturated rings. The molecule has 0 saturated heterocycles. The van der Waals surface area contributed by atoms with Crippen LogP contribution in [-0.4, -0.2) is 23.1 Å². The summed E-state index contributed by atoms with van der Waals surface area (Å²) in [4.78, 5) is 22.5. The molecular weight excluding hydrogens is 376 g/mol. The zero-order valence-electron chi connectivity index (χ0n) is 19.3. The highest BCUT2D eigenvalue weighted by Gasteiger charge is 2.59. The van der Waals surface area contributed by atoms with Gasteiger partial charge in [0, 0.05) is 19.8 Å². The summed E-state index contributed by atoms with van der Waals surface area (Å²) in [5.41, 5.74) is 2.19. The Balaban J connectivity index is 1.51. The normalized spacial score (nSPS) is 43.6. The van der Waals surface area contributed by atoms with Gasteiger partial charge in [0.05, 0.1) is 0 Å². The Morgan fingerprint density at radius 3 is 2.63 bits per heavy atom. The quantitative estimate of drug-likeness (QED) is 0.441. The molecule has 4 nitrogen and oxygen atoms in total. The Morgan fingerprint density at radius 1 is 1.17 bits per heavy atom. The Bertz CT molecular complexity index is 727. The second kappa shape index (κ2) is 7.98. The number of rotatable bonds is 5. The first kappa shape index (κ1) is 21.9. The van der Waals surface area contributed by atoms with Crippen LogP contribution in [0, 0.1) is 40.4 Å². The summed E-state index contributed by atoms with van der Waals surface area (Å²) in [6.07, 6.45) is 13.1. The van der Waals surface area contributed by atoms with E-state index >= 15 is 0 Å². The molecule has 0 heterocycles. The van der Waals surface area contributed by atoms with Crippen molar-refractivity contribution in [1.29, 1.82) is 0 Å². The van der Waals surface area contributed by atoms with E-state index in [9.17, 15) is 9.59 Å². The Hall–Kier alpha value is -1.32. The van der Waals surface area contributed by atoms with Crippen molar-refractivity contribution in [3.63, 3.8) is 0 Å². The minimum atomic E-state index is -0.660. The predicted molar refractivity (Wildman–Crippen MR) is 117 cm³/mol. The number of carbonyl (C=O) groups is 2. The van der Waals surface area contributed by atoms with Crippen molar-refractivity contribution in [2.24, 2.45) is 40.4 Å². The molecule has 4 rings (SSSR count). The van der Waals surface area contributed by atoms with Gasteiger partial charge in [-0.1, -0.05) is 32.4 Å². The van der Waals surface area contributed by atoms with Gasteiger partial charge in [-0.25, -0.2) is 0 Å². The van der Waals surface area contributed by atoms with Crippen LogP contribution >= 0.6 is 0 Å². The molecule has 0 spiro atoms. The first-order valence-electron chi connectivity index (χ1n) is 12.2. The summed E-state index contributed by atoms with van der Waals surface area (Å²) in [7, 11) is 0. The van der Waals surface area contributed by atoms with Gasteiger partial charge in [-0.3, -0.25) is 9.59 Å². The third-order valence-electron chi connectivity index (χ3n) is 9.97. The van der Waals surface area contributed by atoms with E-state index in [0.29, 0.717) is 23.7 Å². The fraction of sp³-hybridized carbons (Fsp3) is 0.846. The molecule has 8 atom stereocenters. The highest BCUT2D eigenvalue weighted by Crippen LogP contribution is 2.67. The lowest BCUT2D eigenvalue weighted by atomic mass is 9.47. The Labute approximate surface area is 181 Å². The second-order valence-electron chi connectivity index (χ2n) is 11.4. The maximum Gasteiger partial charge on any atom is 0.303 e. The third kappa shape index (κ3) is 3.62. The van der Waals surface area contributed by atoms with Gasteiger partial charge < -0.3 is 9.84 Å². The van der Waals surface area contributed by atoms with E-state index in [1.165, 1.54) is 39.0 Å². The van der Waals surface area contributed by atoms with Crippen molar-refractivity contribution >= 4 is 11.9 Å².